The number of aromatic nitrogens is 1. The zero-order valence-corrected chi connectivity index (χ0v) is 11.0. The van der Waals surface area contributed by atoms with E-state index in [4.69, 9.17) is 10.3 Å². The maximum absolute atomic E-state index is 13.3. The number of benzene rings is 1. The lowest BCUT2D eigenvalue weighted by atomic mass is 9.82. The minimum Gasteiger partial charge on any atom is -0.367 e. The van der Waals surface area contributed by atoms with Crippen molar-refractivity contribution in [2.75, 3.05) is 5.73 Å². The summed E-state index contributed by atoms with van der Waals surface area (Å²) in [6, 6.07) is 9.56. The molecule has 2 N–H and O–H groups in total. The van der Waals surface area contributed by atoms with E-state index in [1.807, 2.05) is 30.3 Å². The van der Waals surface area contributed by atoms with Crippen LogP contribution in [0.25, 0.3) is 11.1 Å². The van der Waals surface area contributed by atoms with Gasteiger partial charge in [0.1, 0.15) is 0 Å². The van der Waals surface area contributed by atoms with E-state index in [0.717, 1.165) is 11.1 Å². The Bertz CT molecular complexity index is 585. The molecular weight excluding hydrogens is 262 g/mol. The number of halogens is 2. The summed E-state index contributed by atoms with van der Waals surface area (Å²) in [5, 5.41) is 4.02. The van der Waals surface area contributed by atoms with Gasteiger partial charge in [0.25, 0.3) is 0 Å². The van der Waals surface area contributed by atoms with Gasteiger partial charge in [-0.05, 0) is 18.4 Å². The van der Waals surface area contributed by atoms with E-state index < -0.39 is 5.92 Å². The Hall–Kier alpha value is -1.91. The van der Waals surface area contributed by atoms with Crippen LogP contribution in [0.1, 0.15) is 37.3 Å². The van der Waals surface area contributed by atoms with Gasteiger partial charge in [-0.2, -0.15) is 0 Å². The van der Waals surface area contributed by atoms with Crippen molar-refractivity contribution in [3.05, 3.63) is 36.0 Å². The summed E-state index contributed by atoms with van der Waals surface area (Å²) in [7, 11) is 0. The largest absolute Gasteiger partial charge is 0.367 e. The number of nitrogen functional groups attached to an aromatic ring is 1. The molecule has 0 saturated heterocycles. The van der Waals surface area contributed by atoms with Crippen LogP contribution in [0.15, 0.2) is 34.9 Å². The second-order valence-electron chi connectivity index (χ2n) is 5.30. The van der Waals surface area contributed by atoms with Crippen LogP contribution < -0.4 is 5.73 Å². The molecule has 2 aromatic rings. The van der Waals surface area contributed by atoms with Gasteiger partial charge in [0.2, 0.25) is 11.8 Å². The smallest absolute Gasteiger partial charge is 0.248 e. The minimum absolute atomic E-state index is 0.00844. The molecule has 1 fully saturated rings. The van der Waals surface area contributed by atoms with Gasteiger partial charge < -0.3 is 10.3 Å². The topological polar surface area (TPSA) is 52.0 Å². The van der Waals surface area contributed by atoms with Gasteiger partial charge in [-0.3, -0.25) is 0 Å². The van der Waals surface area contributed by atoms with Crippen LogP contribution in [-0.4, -0.2) is 11.1 Å². The van der Waals surface area contributed by atoms with Crippen LogP contribution in [0.3, 0.4) is 0 Å². The van der Waals surface area contributed by atoms with E-state index in [1.54, 1.807) is 0 Å². The lowest BCUT2D eigenvalue weighted by molar-refractivity contribution is -0.0386. The van der Waals surface area contributed by atoms with Crippen LogP contribution >= 0.6 is 0 Å². The Labute approximate surface area is 115 Å². The third-order valence-electron chi connectivity index (χ3n) is 3.91. The van der Waals surface area contributed by atoms with Crippen LogP contribution in [0.5, 0.6) is 0 Å². The van der Waals surface area contributed by atoms with E-state index in [2.05, 4.69) is 5.16 Å². The van der Waals surface area contributed by atoms with Gasteiger partial charge >= 0.3 is 0 Å². The molecule has 0 bridgehead atoms. The minimum atomic E-state index is -2.54. The lowest BCUT2D eigenvalue weighted by Crippen LogP contribution is -2.24. The molecule has 106 valence electrons. The maximum atomic E-state index is 13.3. The Morgan fingerprint density at radius 3 is 2.45 bits per heavy atom. The average Bonchev–Trinajstić information content (AvgIpc) is 2.82. The van der Waals surface area contributed by atoms with E-state index in [9.17, 15) is 8.78 Å². The average molecular weight is 278 g/mol. The molecule has 0 amide bonds. The predicted molar refractivity (Wildman–Crippen MR) is 72.5 cm³/mol. The number of hydrogen-bond acceptors (Lipinski definition) is 3. The molecular formula is C15H16F2N2O. The maximum Gasteiger partial charge on any atom is 0.248 e. The van der Waals surface area contributed by atoms with Crippen LogP contribution in [0.2, 0.25) is 0 Å². The number of hydrogen-bond donors (Lipinski definition) is 1. The van der Waals surface area contributed by atoms with E-state index in [-0.39, 0.29) is 24.6 Å². The molecule has 5 heteroatoms. The van der Waals surface area contributed by atoms with Gasteiger partial charge in [-0.15, -0.1) is 0 Å². The lowest BCUT2D eigenvalue weighted by Gasteiger charge is -2.27. The van der Waals surface area contributed by atoms with Crippen LogP contribution in [0.4, 0.5) is 14.7 Å². The molecule has 1 aliphatic rings. The molecule has 3 rings (SSSR count). The Morgan fingerprint density at radius 1 is 1.15 bits per heavy atom. The summed E-state index contributed by atoms with van der Waals surface area (Å²) in [5.74, 6) is -2.30. The second kappa shape index (κ2) is 4.89. The molecule has 1 aromatic carbocycles. The molecule has 20 heavy (non-hydrogen) atoms. The van der Waals surface area contributed by atoms with Crippen molar-refractivity contribution < 1.29 is 13.3 Å². The highest BCUT2D eigenvalue weighted by molar-refractivity contribution is 5.75. The molecule has 0 spiro atoms. The summed E-state index contributed by atoms with van der Waals surface area (Å²) >= 11 is 0. The van der Waals surface area contributed by atoms with E-state index >= 15 is 0 Å². The quantitative estimate of drug-likeness (QED) is 0.895. The summed E-state index contributed by atoms with van der Waals surface area (Å²) < 4.78 is 31.6. The Morgan fingerprint density at radius 2 is 1.80 bits per heavy atom. The zero-order chi connectivity index (χ0) is 14.2. The van der Waals surface area contributed by atoms with Gasteiger partial charge in [0, 0.05) is 18.8 Å². The highest BCUT2D eigenvalue weighted by Crippen LogP contribution is 2.44. The van der Waals surface area contributed by atoms with Crippen LogP contribution in [-0.2, 0) is 0 Å². The Balaban J connectivity index is 1.92. The third-order valence-corrected chi connectivity index (χ3v) is 3.91. The van der Waals surface area contributed by atoms with Crippen molar-refractivity contribution in [2.24, 2.45) is 0 Å². The highest BCUT2D eigenvalue weighted by Gasteiger charge is 2.37. The summed E-state index contributed by atoms with van der Waals surface area (Å²) in [5.41, 5.74) is 8.23. The van der Waals surface area contributed by atoms with Crippen molar-refractivity contribution in [1.82, 2.24) is 5.16 Å². The SMILES string of the molecule is Nc1onc(C2CCC(F)(F)CC2)c1-c1ccccc1. The van der Waals surface area contributed by atoms with E-state index in [1.165, 1.54) is 0 Å². The van der Waals surface area contributed by atoms with Gasteiger partial charge in [0.15, 0.2) is 0 Å². The van der Waals surface area contributed by atoms with Gasteiger partial charge in [-0.1, -0.05) is 35.5 Å². The van der Waals surface area contributed by atoms with Crippen molar-refractivity contribution in [3.63, 3.8) is 0 Å². The fourth-order valence-corrected chi connectivity index (χ4v) is 2.80. The first-order valence-corrected chi connectivity index (χ1v) is 6.75. The first kappa shape index (κ1) is 13.1. The number of anilines is 1. The predicted octanol–water partition coefficient (Wildman–Crippen LogP) is 4.22. The van der Waals surface area contributed by atoms with Crippen molar-refractivity contribution in [3.8, 4) is 11.1 Å². The molecule has 3 nitrogen and oxygen atoms in total. The van der Waals surface area contributed by atoms with Crippen LogP contribution in [0, 0.1) is 0 Å². The number of nitrogens with zero attached hydrogens (tertiary/aromatic N) is 1. The van der Waals surface area contributed by atoms with E-state index in [0.29, 0.717) is 18.5 Å². The molecule has 1 heterocycles. The van der Waals surface area contributed by atoms with Crippen molar-refractivity contribution >= 4 is 5.88 Å². The fourth-order valence-electron chi connectivity index (χ4n) is 2.80. The normalized spacial score (nSPS) is 19.1. The van der Waals surface area contributed by atoms with Gasteiger partial charge in [-0.25, -0.2) is 8.78 Å². The van der Waals surface area contributed by atoms with Crippen molar-refractivity contribution in [2.45, 2.75) is 37.5 Å². The first-order chi connectivity index (χ1) is 9.57. The summed E-state index contributed by atoms with van der Waals surface area (Å²) in [4.78, 5) is 0. The number of rotatable bonds is 2. The fraction of sp³-hybridized carbons (Fsp3) is 0.400. The molecule has 1 aromatic heterocycles. The monoisotopic (exact) mass is 278 g/mol. The molecule has 0 aliphatic heterocycles. The zero-order valence-electron chi connectivity index (χ0n) is 11.0. The first-order valence-electron chi connectivity index (χ1n) is 6.75. The highest BCUT2D eigenvalue weighted by atomic mass is 19.3. The second-order valence-corrected chi connectivity index (χ2v) is 5.30. The molecule has 0 atom stereocenters. The third kappa shape index (κ3) is 2.40. The van der Waals surface area contributed by atoms with Gasteiger partial charge in [0.05, 0.1) is 11.3 Å². The summed E-state index contributed by atoms with van der Waals surface area (Å²) in [6.07, 6.45) is 0.634. The Kier molecular flexibility index (Phi) is 3.20. The number of alkyl halides is 2. The molecule has 1 aliphatic carbocycles. The molecule has 0 radical (unpaired) electrons. The number of nitrogens with two attached hydrogens (primary N) is 1. The molecule has 0 unspecified atom stereocenters. The summed E-state index contributed by atoms with van der Waals surface area (Å²) in [6.45, 7) is 0. The van der Waals surface area contributed by atoms with Crippen molar-refractivity contribution in [1.29, 1.82) is 0 Å². The standard InChI is InChI=1S/C15H16F2N2O/c16-15(17)8-6-11(7-9-15)13-12(14(18)20-19-13)10-4-2-1-3-5-10/h1-5,11H,6-9,18H2. The molecule has 1 saturated carbocycles.